The van der Waals surface area contributed by atoms with Crippen LogP contribution >= 0.6 is 0 Å². The van der Waals surface area contributed by atoms with Crippen LogP contribution in [0.3, 0.4) is 0 Å². The molecule has 3 N–H and O–H groups in total. The minimum Gasteiger partial charge on any atom is -0.483 e. The van der Waals surface area contributed by atoms with Gasteiger partial charge in [0.2, 0.25) is 0 Å². The molecule has 8 nitrogen and oxygen atoms in total. The van der Waals surface area contributed by atoms with Crippen molar-refractivity contribution in [2.45, 2.75) is 39.7 Å². The van der Waals surface area contributed by atoms with Gasteiger partial charge in [-0.1, -0.05) is 38.1 Å². The van der Waals surface area contributed by atoms with Gasteiger partial charge < -0.3 is 15.5 Å². The van der Waals surface area contributed by atoms with Crippen LogP contribution in [-0.4, -0.2) is 63.9 Å². The van der Waals surface area contributed by atoms with Crippen molar-refractivity contribution in [2.24, 2.45) is 5.92 Å². The van der Waals surface area contributed by atoms with E-state index >= 15 is 0 Å². The molecular formula is C20H30N4O4. The maximum atomic E-state index is 8.36. The van der Waals surface area contributed by atoms with Crippen molar-refractivity contribution >= 4 is 29.5 Å². The summed E-state index contributed by atoms with van der Waals surface area (Å²) in [4.78, 5) is 19.3. The first-order valence-electron chi connectivity index (χ1n) is 9.35. The smallest absolute Gasteiger partial charge is 0.290 e. The maximum absolute atomic E-state index is 8.36. The third-order valence-corrected chi connectivity index (χ3v) is 4.73. The first-order chi connectivity index (χ1) is 13.5. The SMILES string of the molecule is Cc1nnc(NCC(C(C)C)N2CCCC2)c2ccccc12.O=CO.O=CO. The summed E-state index contributed by atoms with van der Waals surface area (Å²) in [5, 5.41) is 28.4. The van der Waals surface area contributed by atoms with Gasteiger partial charge in [-0.2, -0.15) is 5.10 Å². The highest BCUT2D eigenvalue weighted by Gasteiger charge is 2.24. The van der Waals surface area contributed by atoms with E-state index in [9.17, 15) is 0 Å². The molecule has 0 bridgehead atoms. The van der Waals surface area contributed by atoms with E-state index in [1.807, 2.05) is 6.92 Å². The molecule has 1 atom stereocenters. The van der Waals surface area contributed by atoms with Gasteiger partial charge in [-0.05, 0) is 38.8 Å². The molecule has 0 radical (unpaired) electrons. The summed E-state index contributed by atoms with van der Waals surface area (Å²) in [5.41, 5.74) is 0.987. The van der Waals surface area contributed by atoms with Crippen LogP contribution in [0.2, 0.25) is 0 Å². The van der Waals surface area contributed by atoms with Gasteiger partial charge in [-0.25, -0.2) is 0 Å². The van der Waals surface area contributed by atoms with Crippen molar-refractivity contribution in [2.75, 3.05) is 25.0 Å². The molecule has 28 heavy (non-hydrogen) atoms. The molecule has 2 heterocycles. The molecule has 1 fully saturated rings. The summed E-state index contributed by atoms with van der Waals surface area (Å²) >= 11 is 0. The number of carbonyl (C=O) groups is 2. The average molecular weight is 390 g/mol. The summed E-state index contributed by atoms with van der Waals surface area (Å²) in [6, 6.07) is 8.92. The minimum atomic E-state index is -0.250. The van der Waals surface area contributed by atoms with Crippen LogP contribution in [0.1, 0.15) is 32.4 Å². The van der Waals surface area contributed by atoms with E-state index in [2.05, 4.69) is 58.5 Å². The fraction of sp³-hybridized carbons (Fsp3) is 0.500. The molecule has 1 aliphatic rings. The van der Waals surface area contributed by atoms with Crippen LogP contribution in [0.15, 0.2) is 24.3 Å². The van der Waals surface area contributed by atoms with Crippen molar-refractivity contribution in [3.63, 3.8) is 0 Å². The van der Waals surface area contributed by atoms with Crippen molar-refractivity contribution < 1.29 is 19.8 Å². The number of anilines is 1. The van der Waals surface area contributed by atoms with Gasteiger partial charge in [0.1, 0.15) is 0 Å². The molecule has 1 saturated heterocycles. The second-order valence-electron chi connectivity index (χ2n) is 6.83. The predicted octanol–water partition coefficient (Wildman–Crippen LogP) is 2.87. The number of carboxylic acid groups (broad SMARTS) is 2. The molecule has 1 unspecified atom stereocenters. The van der Waals surface area contributed by atoms with Gasteiger partial charge >= 0.3 is 0 Å². The molecular weight excluding hydrogens is 360 g/mol. The van der Waals surface area contributed by atoms with Gasteiger partial charge in [0.15, 0.2) is 5.82 Å². The highest BCUT2D eigenvalue weighted by molar-refractivity contribution is 5.92. The Morgan fingerprint density at radius 1 is 1.07 bits per heavy atom. The lowest BCUT2D eigenvalue weighted by molar-refractivity contribution is -0.123. The second-order valence-corrected chi connectivity index (χ2v) is 6.83. The monoisotopic (exact) mass is 390 g/mol. The third kappa shape index (κ3) is 6.77. The lowest BCUT2D eigenvalue weighted by Crippen LogP contribution is -2.42. The highest BCUT2D eigenvalue weighted by atomic mass is 16.3. The van der Waals surface area contributed by atoms with E-state index in [4.69, 9.17) is 19.8 Å². The lowest BCUT2D eigenvalue weighted by Gasteiger charge is -2.31. The summed E-state index contributed by atoms with van der Waals surface area (Å²) in [6.45, 7) is 9.52. The van der Waals surface area contributed by atoms with Crippen molar-refractivity contribution in [3.8, 4) is 0 Å². The van der Waals surface area contributed by atoms with Gasteiger partial charge in [0.25, 0.3) is 12.9 Å². The van der Waals surface area contributed by atoms with Gasteiger partial charge in [0.05, 0.1) is 5.69 Å². The van der Waals surface area contributed by atoms with Gasteiger partial charge in [-0.15, -0.1) is 5.10 Å². The number of rotatable bonds is 5. The molecule has 1 aromatic heterocycles. The molecule has 0 spiro atoms. The third-order valence-electron chi connectivity index (χ3n) is 4.73. The molecule has 0 amide bonds. The Balaban J connectivity index is 0.000000582. The van der Waals surface area contributed by atoms with E-state index in [-0.39, 0.29) is 12.9 Å². The van der Waals surface area contributed by atoms with Crippen LogP contribution in [0.5, 0.6) is 0 Å². The van der Waals surface area contributed by atoms with E-state index in [1.54, 1.807) is 0 Å². The summed E-state index contributed by atoms with van der Waals surface area (Å²) < 4.78 is 0. The molecule has 1 aliphatic heterocycles. The first-order valence-corrected chi connectivity index (χ1v) is 9.35. The number of benzene rings is 1. The Kier molecular flexibility index (Phi) is 10.5. The Morgan fingerprint density at radius 2 is 1.61 bits per heavy atom. The molecule has 8 heteroatoms. The zero-order valence-electron chi connectivity index (χ0n) is 16.7. The topological polar surface area (TPSA) is 116 Å². The number of hydrogen-bond acceptors (Lipinski definition) is 6. The number of hydrogen-bond donors (Lipinski definition) is 3. The average Bonchev–Trinajstić information content (AvgIpc) is 3.19. The van der Waals surface area contributed by atoms with E-state index in [1.165, 1.54) is 36.7 Å². The Bertz CT molecular complexity index is 727. The number of aryl methyl sites for hydroxylation is 1. The number of fused-ring (bicyclic) bond motifs is 1. The van der Waals surface area contributed by atoms with Crippen LogP contribution < -0.4 is 5.32 Å². The Hall–Kier alpha value is -2.74. The van der Waals surface area contributed by atoms with E-state index in [0.717, 1.165) is 18.1 Å². The largest absolute Gasteiger partial charge is 0.483 e. The Labute approximate surface area is 165 Å². The Morgan fingerprint density at radius 3 is 2.14 bits per heavy atom. The fourth-order valence-electron chi connectivity index (χ4n) is 3.43. The zero-order chi connectivity index (χ0) is 20.9. The standard InChI is InChI=1S/C18H26N4.2CH2O2/c1-13(2)17(22-10-6-7-11-22)12-19-18-16-9-5-4-8-15(16)14(3)20-21-18;2*2-1-3/h4-5,8-9,13,17H,6-7,10-12H2,1-3H3,(H,19,21);2*1H,(H,2,3). The van der Waals surface area contributed by atoms with Crippen LogP contribution in [0, 0.1) is 12.8 Å². The van der Waals surface area contributed by atoms with Crippen molar-refractivity contribution in [3.05, 3.63) is 30.0 Å². The molecule has 154 valence electrons. The molecule has 0 aliphatic carbocycles. The van der Waals surface area contributed by atoms with Crippen molar-refractivity contribution in [1.82, 2.24) is 15.1 Å². The normalized spacial score (nSPS) is 14.4. The maximum Gasteiger partial charge on any atom is 0.290 e. The summed E-state index contributed by atoms with van der Waals surface area (Å²) in [6.07, 6.45) is 2.66. The van der Waals surface area contributed by atoms with Crippen molar-refractivity contribution in [1.29, 1.82) is 0 Å². The number of nitrogens with zero attached hydrogens (tertiary/aromatic N) is 3. The van der Waals surface area contributed by atoms with Gasteiger partial charge in [0, 0.05) is 23.4 Å². The van der Waals surface area contributed by atoms with Crippen LogP contribution in [0.25, 0.3) is 10.8 Å². The predicted molar refractivity (Wildman–Crippen MR) is 110 cm³/mol. The quantitative estimate of drug-likeness (QED) is 0.668. The molecule has 1 aromatic carbocycles. The number of likely N-dealkylation sites (tertiary alicyclic amines) is 1. The molecule has 2 aromatic rings. The number of nitrogens with one attached hydrogen (secondary N) is 1. The highest BCUT2D eigenvalue weighted by Crippen LogP contribution is 2.23. The molecule has 0 saturated carbocycles. The number of aromatic nitrogens is 2. The van der Waals surface area contributed by atoms with Gasteiger partial charge in [-0.3, -0.25) is 14.5 Å². The first kappa shape index (κ1) is 23.3. The summed E-state index contributed by atoms with van der Waals surface area (Å²) in [5.74, 6) is 1.54. The minimum absolute atomic E-state index is 0.250. The molecule has 3 rings (SSSR count). The fourth-order valence-corrected chi connectivity index (χ4v) is 3.43. The van der Waals surface area contributed by atoms with E-state index in [0.29, 0.717) is 12.0 Å². The zero-order valence-corrected chi connectivity index (χ0v) is 16.7. The van der Waals surface area contributed by atoms with E-state index < -0.39 is 0 Å². The van der Waals surface area contributed by atoms with Crippen LogP contribution in [-0.2, 0) is 9.59 Å². The second kappa shape index (κ2) is 12.6. The summed E-state index contributed by atoms with van der Waals surface area (Å²) in [7, 11) is 0. The lowest BCUT2D eigenvalue weighted by atomic mass is 10.0. The van der Waals surface area contributed by atoms with Crippen LogP contribution in [0.4, 0.5) is 5.82 Å².